The summed E-state index contributed by atoms with van der Waals surface area (Å²) in [7, 11) is 0. The summed E-state index contributed by atoms with van der Waals surface area (Å²) in [6.45, 7) is 5.64. The second-order valence-electron chi connectivity index (χ2n) is 5.52. The van der Waals surface area contributed by atoms with Crippen LogP contribution in [-0.2, 0) is 11.2 Å². The topological polar surface area (TPSA) is 75.6 Å². The third-order valence-corrected chi connectivity index (χ3v) is 5.04. The van der Waals surface area contributed by atoms with Crippen LogP contribution in [-0.4, -0.2) is 23.6 Å². The summed E-state index contributed by atoms with van der Waals surface area (Å²) < 4.78 is 5.10. The quantitative estimate of drug-likeness (QED) is 0.803. The molecule has 0 aliphatic heterocycles. The lowest BCUT2D eigenvalue weighted by molar-refractivity contribution is -0.139. The molecule has 0 saturated carbocycles. The molecule has 1 heterocycles. The zero-order valence-corrected chi connectivity index (χ0v) is 14.8. The van der Waals surface area contributed by atoms with Gasteiger partial charge in [-0.2, -0.15) is 0 Å². The standard InChI is InChI=1S/C18H21NO4S/c1-4-15-11(2)9-16(24-15)18(22)19-12(3)13-5-7-14(8-6-13)23-10-17(20)21/h5-9,12H,4,10H2,1-3H3,(H,19,22)(H,20,21). The average molecular weight is 347 g/mol. The Hall–Kier alpha value is -2.34. The third kappa shape index (κ3) is 4.58. The molecule has 24 heavy (non-hydrogen) atoms. The van der Waals surface area contributed by atoms with E-state index in [1.54, 1.807) is 12.1 Å². The molecule has 2 rings (SSSR count). The summed E-state index contributed by atoms with van der Waals surface area (Å²) >= 11 is 1.53. The fourth-order valence-electron chi connectivity index (χ4n) is 2.33. The monoisotopic (exact) mass is 347 g/mol. The Balaban J connectivity index is 1.99. The van der Waals surface area contributed by atoms with Gasteiger partial charge in [0.15, 0.2) is 6.61 Å². The van der Waals surface area contributed by atoms with Crippen molar-refractivity contribution in [3.63, 3.8) is 0 Å². The number of nitrogens with one attached hydrogen (secondary N) is 1. The molecule has 0 radical (unpaired) electrons. The predicted molar refractivity (Wildman–Crippen MR) is 93.9 cm³/mol. The molecule has 6 heteroatoms. The lowest BCUT2D eigenvalue weighted by Crippen LogP contribution is -2.25. The fraction of sp³-hybridized carbons (Fsp3) is 0.333. The molecule has 5 nitrogen and oxygen atoms in total. The molecular weight excluding hydrogens is 326 g/mol. The highest BCUT2D eigenvalue weighted by molar-refractivity contribution is 7.14. The van der Waals surface area contributed by atoms with Gasteiger partial charge in [0.25, 0.3) is 5.91 Å². The summed E-state index contributed by atoms with van der Waals surface area (Å²) in [4.78, 5) is 24.8. The van der Waals surface area contributed by atoms with Crippen LogP contribution in [0.1, 0.15) is 45.6 Å². The maximum atomic E-state index is 12.4. The lowest BCUT2D eigenvalue weighted by atomic mass is 10.1. The van der Waals surface area contributed by atoms with E-state index in [1.807, 2.05) is 32.0 Å². The molecule has 1 aromatic heterocycles. The number of amides is 1. The van der Waals surface area contributed by atoms with Crippen LogP contribution in [0.15, 0.2) is 30.3 Å². The van der Waals surface area contributed by atoms with Gasteiger partial charge in [-0.25, -0.2) is 4.79 Å². The van der Waals surface area contributed by atoms with Gasteiger partial charge in [-0.3, -0.25) is 4.79 Å². The molecule has 0 saturated heterocycles. The fourth-order valence-corrected chi connectivity index (χ4v) is 3.35. The smallest absolute Gasteiger partial charge is 0.341 e. The second kappa shape index (κ2) is 7.97. The van der Waals surface area contributed by atoms with Gasteiger partial charge in [0.2, 0.25) is 0 Å². The van der Waals surface area contributed by atoms with E-state index >= 15 is 0 Å². The number of carbonyl (C=O) groups is 2. The first kappa shape index (κ1) is 18.0. The Bertz CT molecular complexity index is 721. The van der Waals surface area contributed by atoms with Gasteiger partial charge in [-0.1, -0.05) is 19.1 Å². The maximum Gasteiger partial charge on any atom is 0.341 e. The van der Waals surface area contributed by atoms with E-state index in [-0.39, 0.29) is 18.6 Å². The highest BCUT2D eigenvalue weighted by Crippen LogP contribution is 2.23. The summed E-state index contributed by atoms with van der Waals surface area (Å²) in [5, 5.41) is 11.6. The second-order valence-corrected chi connectivity index (χ2v) is 6.65. The molecule has 128 valence electrons. The summed E-state index contributed by atoms with van der Waals surface area (Å²) in [5.74, 6) is -0.611. The Morgan fingerprint density at radius 3 is 2.50 bits per heavy atom. The van der Waals surface area contributed by atoms with Crippen molar-refractivity contribution in [3.8, 4) is 5.75 Å². The van der Waals surface area contributed by atoms with E-state index in [4.69, 9.17) is 9.84 Å². The van der Waals surface area contributed by atoms with Crippen molar-refractivity contribution in [2.75, 3.05) is 6.61 Å². The summed E-state index contributed by atoms with van der Waals surface area (Å²) in [5.41, 5.74) is 2.08. The Labute approximate surface area is 145 Å². The SMILES string of the molecule is CCc1sc(C(=O)NC(C)c2ccc(OCC(=O)O)cc2)cc1C. The largest absolute Gasteiger partial charge is 0.482 e. The van der Waals surface area contributed by atoms with Crippen molar-refractivity contribution in [1.82, 2.24) is 5.32 Å². The van der Waals surface area contributed by atoms with Gasteiger partial charge in [0.1, 0.15) is 5.75 Å². The van der Waals surface area contributed by atoms with Crippen LogP contribution in [0.4, 0.5) is 0 Å². The molecule has 2 N–H and O–H groups in total. The molecule has 0 aliphatic carbocycles. The van der Waals surface area contributed by atoms with Gasteiger partial charge in [0.05, 0.1) is 10.9 Å². The van der Waals surface area contributed by atoms with Crippen molar-refractivity contribution < 1.29 is 19.4 Å². The molecule has 2 aromatic rings. The van der Waals surface area contributed by atoms with Crippen molar-refractivity contribution >= 4 is 23.2 Å². The predicted octanol–water partition coefficient (Wildman–Crippen LogP) is 3.57. The van der Waals surface area contributed by atoms with Crippen LogP contribution < -0.4 is 10.1 Å². The number of carbonyl (C=O) groups excluding carboxylic acids is 1. The van der Waals surface area contributed by atoms with Gasteiger partial charge in [-0.15, -0.1) is 11.3 Å². The van der Waals surface area contributed by atoms with E-state index in [0.29, 0.717) is 5.75 Å². The minimum absolute atomic E-state index is 0.0819. The zero-order chi connectivity index (χ0) is 17.7. The molecule has 0 bridgehead atoms. The average Bonchev–Trinajstić information content (AvgIpc) is 2.94. The summed E-state index contributed by atoms with van der Waals surface area (Å²) in [6, 6.07) is 8.81. The van der Waals surface area contributed by atoms with E-state index in [2.05, 4.69) is 12.2 Å². The minimum Gasteiger partial charge on any atom is -0.482 e. The van der Waals surface area contributed by atoms with Gasteiger partial charge >= 0.3 is 5.97 Å². The van der Waals surface area contributed by atoms with Crippen molar-refractivity contribution in [2.45, 2.75) is 33.2 Å². The number of carboxylic acid groups (broad SMARTS) is 1. The number of carboxylic acids is 1. The number of rotatable bonds is 7. The summed E-state index contributed by atoms with van der Waals surface area (Å²) in [6.07, 6.45) is 0.928. The third-order valence-electron chi connectivity index (χ3n) is 3.66. The van der Waals surface area contributed by atoms with Crippen molar-refractivity contribution in [1.29, 1.82) is 0 Å². The highest BCUT2D eigenvalue weighted by Gasteiger charge is 2.15. The first-order chi connectivity index (χ1) is 11.4. The number of thiophene rings is 1. The van der Waals surface area contributed by atoms with E-state index in [1.165, 1.54) is 16.2 Å². The molecule has 0 fully saturated rings. The molecular formula is C18H21NO4S. The molecule has 1 amide bonds. The number of aryl methyl sites for hydroxylation is 2. The number of benzene rings is 1. The first-order valence-electron chi connectivity index (χ1n) is 7.75. The van der Waals surface area contributed by atoms with E-state index in [9.17, 15) is 9.59 Å². The number of hydrogen-bond donors (Lipinski definition) is 2. The van der Waals surface area contributed by atoms with Crippen LogP contribution in [0.2, 0.25) is 0 Å². The first-order valence-corrected chi connectivity index (χ1v) is 8.57. The van der Waals surface area contributed by atoms with Crippen LogP contribution in [0.3, 0.4) is 0 Å². The van der Waals surface area contributed by atoms with E-state index in [0.717, 1.165) is 22.4 Å². The normalized spacial score (nSPS) is 11.8. The van der Waals surface area contributed by atoms with Crippen LogP contribution >= 0.6 is 11.3 Å². The zero-order valence-electron chi connectivity index (χ0n) is 14.0. The van der Waals surface area contributed by atoms with Crippen molar-refractivity contribution in [2.24, 2.45) is 0 Å². The van der Waals surface area contributed by atoms with Gasteiger partial charge < -0.3 is 15.2 Å². The molecule has 1 unspecified atom stereocenters. The van der Waals surface area contributed by atoms with Crippen LogP contribution in [0.25, 0.3) is 0 Å². The lowest BCUT2D eigenvalue weighted by Gasteiger charge is -2.14. The Morgan fingerprint density at radius 1 is 1.29 bits per heavy atom. The van der Waals surface area contributed by atoms with E-state index < -0.39 is 5.97 Å². The molecule has 0 spiro atoms. The molecule has 1 atom stereocenters. The maximum absolute atomic E-state index is 12.4. The highest BCUT2D eigenvalue weighted by atomic mass is 32.1. The molecule has 0 aliphatic rings. The van der Waals surface area contributed by atoms with Crippen molar-refractivity contribution in [3.05, 3.63) is 51.2 Å². The minimum atomic E-state index is -1.02. The Kier molecular flexibility index (Phi) is 5.98. The number of aliphatic carboxylic acids is 1. The van der Waals surface area contributed by atoms with Gasteiger partial charge in [-0.05, 0) is 49.6 Å². The number of ether oxygens (including phenoxy) is 1. The van der Waals surface area contributed by atoms with Crippen LogP contribution in [0.5, 0.6) is 5.75 Å². The van der Waals surface area contributed by atoms with Gasteiger partial charge in [0, 0.05) is 4.88 Å². The Morgan fingerprint density at radius 2 is 1.96 bits per heavy atom. The van der Waals surface area contributed by atoms with Crippen LogP contribution in [0, 0.1) is 6.92 Å². The molecule has 1 aromatic carbocycles. The number of hydrogen-bond acceptors (Lipinski definition) is 4.